The van der Waals surface area contributed by atoms with Crippen molar-refractivity contribution in [3.8, 4) is 0 Å². The number of aryl methyl sites for hydroxylation is 2. The van der Waals surface area contributed by atoms with Gasteiger partial charge in [0.05, 0.1) is 0 Å². The van der Waals surface area contributed by atoms with Crippen molar-refractivity contribution >= 4 is 34.8 Å². The van der Waals surface area contributed by atoms with Crippen LogP contribution in [-0.2, 0) is 22.4 Å². The van der Waals surface area contributed by atoms with Crippen LogP contribution < -0.4 is 15.5 Å². The quantitative estimate of drug-likeness (QED) is 0.793. The van der Waals surface area contributed by atoms with E-state index in [9.17, 15) is 9.59 Å². The Hall–Kier alpha value is -2.53. The van der Waals surface area contributed by atoms with Crippen LogP contribution in [0.4, 0.5) is 11.4 Å². The van der Waals surface area contributed by atoms with Crippen LogP contribution in [0.15, 0.2) is 36.4 Å². The number of fused-ring (bicyclic) bond motifs is 1. The van der Waals surface area contributed by atoms with Crippen molar-refractivity contribution < 1.29 is 9.59 Å². The summed E-state index contributed by atoms with van der Waals surface area (Å²) < 4.78 is 0. The van der Waals surface area contributed by atoms with Gasteiger partial charge in [0.2, 0.25) is 0 Å². The third kappa shape index (κ3) is 4.80. The molecule has 0 radical (unpaired) electrons. The molecule has 2 aromatic carbocycles. The summed E-state index contributed by atoms with van der Waals surface area (Å²) in [6.45, 7) is 3.34. The lowest BCUT2D eigenvalue weighted by molar-refractivity contribution is -0.136. The Labute approximate surface area is 164 Å². The predicted molar refractivity (Wildman–Crippen MR) is 110 cm³/mol. The van der Waals surface area contributed by atoms with Crippen LogP contribution in [0, 0.1) is 6.92 Å². The Morgan fingerprint density at radius 2 is 1.96 bits per heavy atom. The van der Waals surface area contributed by atoms with Gasteiger partial charge in [-0.15, -0.1) is 0 Å². The van der Waals surface area contributed by atoms with Gasteiger partial charge in [-0.2, -0.15) is 0 Å². The molecule has 0 saturated heterocycles. The summed E-state index contributed by atoms with van der Waals surface area (Å²) >= 11 is 5.94. The smallest absolute Gasteiger partial charge is 0.313 e. The maximum Gasteiger partial charge on any atom is 0.313 e. The number of hydrogen-bond acceptors (Lipinski definition) is 3. The van der Waals surface area contributed by atoms with Crippen LogP contribution in [0.2, 0.25) is 5.02 Å². The molecule has 3 rings (SSSR count). The Morgan fingerprint density at radius 3 is 2.78 bits per heavy atom. The lowest BCUT2D eigenvalue weighted by atomic mass is 9.98. The summed E-state index contributed by atoms with van der Waals surface area (Å²) in [4.78, 5) is 26.4. The number of carbonyl (C=O) groups is 2. The van der Waals surface area contributed by atoms with Crippen LogP contribution >= 0.6 is 11.6 Å². The molecule has 27 heavy (non-hydrogen) atoms. The van der Waals surface area contributed by atoms with Gasteiger partial charge in [-0.25, -0.2) is 0 Å². The zero-order chi connectivity index (χ0) is 19.4. The molecule has 0 atom stereocenters. The molecule has 0 saturated carbocycles. The van der Waals surface area contributed by atoms with E-state index in [1.165, 1.54) is 11.3 Å². The van der Waals surface area contributed by atoms with Gasteiger partial charge in [0, 0.05) is 36.5 Å². The van der Waals surface area contributed by atoms with E-state index in [0.29, 0.717) is 23.7 Å². The van der Waals surface area contributed by atoms with Gasteiger partial charge in [-0.05, 0) is 61.1 Å². The van der Waals surface area contributed by atoms with Gasteiger partial charge in [0.1, 0.15) is 0 Å². The minimum absolute atomic E-state index is 0.412. The van der Waals surface area contributed by atoms with E-state index in [2.05, 4.69) is 40.8 Å². The van der Waals surface area contributed by atoms with Crippen molar-refractivity contribution in [1.29, 1.82) is 0 Å². The van der Waals surface area contributed by atoms with Crippen molar-refractivity contribution in [2.45, 2.75) is 26.2 Å². The van der Waals surface area contributed by atoms with Gasteiger partial charge < -0.3 is 15.5 Å². The third-order valence-electron chi connectivity index (χ3n) is 4.85. The monoisotopic (exact) mass is 385 g/mol. The fourth-order valence-corrected chi connectivity index (χ4v) is 3.47. The van der Waals surface area contributed by atoms with Crippen molar-refractivity contribution in [3.63, 3.8) is 0 Å². The maximum atomic E-state index is 12.1. The summed E-state index contributed by atoms with van der Waals surface area (Å²) in [6.07, 6.45) is 2.93. The average molecular weight is 386 g/mol. The molecule has 0 aliphatic carbocycles. The van der Waals surface area contributed by atoms with Crippen LogP contribution in [0.25, 0.3) is 0 Å². The van der Waals surface area contributed by atoms with Crippen LogP contribution in [0.5, 0.6) is 0 Å². The SMILES string of the molecule is Cc1ccc(Cl)cc1NC(=O)C(=O)NCCc1ccc2c(c1)CCCN2C. The summed E-state index contributed by atoms with van der Waals surface area (Å²) in [5.74, 6) is -1.33. The molecule has 0 spiro atoms. The summed E-state index contributed by atoms with van der Waals surface area (Å²) in [5, 5.41) is 5.79. The van der Waals surface area contributed by atoms with Crippen molar-refractivity contribution in [2.75, 3.05) is 30.4 Å². The number of benzene rings is 2. The fraction of sp³-hybridized carbons (Fsp3) is 0.333. The molecule has 0 bridgehead atoms. The van der Waals surface area contributed by atoms with Crippen molar-refractivity contribution in [3.05, 3.63) is 58.1 Å². The molecular weight excluding hydrogens is 362 g/mol. The van der Waals surface area contributed by atoms with E-state index in [-0.39, 0.29) is 0 Å². The topological polar surface area (TPSA) is 61.4 Å². The second-order valence-corrected chi connectivity index (χ2v) is 7.34. The van der Waals surface area contributed by atoms with E-state index in [1.807, 2.05) is 6.92 Å². The van der Waals surface area contributed by atoms with E-state index in [1.54, 1.807) is 18.2 Å². The van der Waals surface area contributed by atoms with Gasteiger partial charge in [0.25, 0.3) is 0 Å². The zero-order valence-electron chi connectivity index (χ0n) is 15.6. The molecule has 2 aromatic rings. The number of nitrogens with one attached hydrogen (secondary N) is 2. The Balaban J connectivity index is 1.52. The number of halogens is 1. The van der Waals surface area contributed by atoms with Crippen molar-refractivity contribution in [2.24, 2.45) is 0 Å². The molecule has 0 aromatic heterocycles. The second-order valence-electron chi connectivity index (χ2n) is 6.91. The van der Waals surface area contributed by atoms with Crippen molar-refractivity contribution in [1.82, 2.24) is 5.32 Å². The summed E-state index contributed by atoms with van der Waals surface area (Å²) in [6, 6.07) is 11.6. The minimum Gasteiger partial charge on any atom is -0.374 e. The lowest BCUT2D eigenvalue weighted by Gasteiger charge is -2.27. The highest BCUT2D eigenvalue weighted by atomic mass is 35.5. The molecule has 142 valence electrons. The Kier molecular flexibility index (Phi) is 6.01. The molecule has 1 heterocycles. The average Bonchev–Trinajstić information content (AvgIpc) is 2.64. The highest BCUT2D eigenvalue weighted by molar-refractivity contribution is 6.40. The van der Waals surface area contributed by atoms with Gasteiger partial charge in [-0.1, -0.05) is 29.8 Å². The number of nitrogens with zero attached hydrogens (tertiary/aromatic N) is 1. The van der Waals surface area contributed by atoms with Gasteiger partial charge in [-0.3, -0.25) is 9.59 Å². The van der Waals surface area contributed by atoms with Crippen LogP contribution in [0.1, 0.15) is 23.1 Å². The Bertz CT molecular complexity index is 867. The van der Waals surface area contributed by atoms with E-state index >= 15 is 0 Å². The molecule has 6 heteroatoms. The zero-order valence-corrected chi connectivity index (χ0v) is 16.4. The maximum absolute atomic E-state index is 12.1. The number of hydrogen-bond donors (Lipinski definition) is 2. The Morgan fingerprint density at radius 1 is 1.15 bits per heavy atom. The molecule has 0 fully saturated rings. The lowest BCUT2D eigenvalue weighted by Crippen LogP contribution is -2.36. The molecule has 1 aliphatic rings. The molecule has 2 N–H and O–H groups in total. The number of rotatable bonds is 4. The molecule has 5 nitrogen and oxygen atoms in total. The first-order valence-corrected chi connectivity index (χ1v) is 9.50. The largest absolute Gasteiger partial charge is 0.374 e. The molecule has 0 unspecified atom stereocenters. The summed E-state index contributed by atoms with van der Waals surface area (Å²) in [5.41, 5.74) is 5.18. The normalized spacial score (nSPS) is 13.1. The highest BCUT2D eigenvalue weighted by Crippen LogP contribution is 2.26. The predicted octanol–water partition coefficient (Wildman–Crippen LogP) is 3.33. The van der Waals surface area contributed by atoms with Crippen LogP contribution in [0.3, 0.4) is 0 Å². The third-order valence-corrected chi connectivity index (χ3v) is 5.08. The van der Waals surface area contributed by atoms with E-state index < -0.39 is 11.8 Å². The highest BCUT2D eigenvalue weighted by Gasteiger charge is 2.16. The fourth-order valence-electron chi connectivity index (χ4n) is 3.30. The molecular formula is C21H24ClN3O2. The number of anilines is 2. The second kappa shape index (κ2) is 8.44. The van der Waals surface area contributed by atoms with Crippen LogP contribution in [-0.4, -0.2) is 32.0 Å². The first kappa shape index (κ1) is 19.2. The summed E-state index contributed by atoms with van der Waals surface area (Å²) in [7, 11) is 2.11. The van der Waals surface area contributed by atoms with Gasteiger partial charge in [0.15, 0.2) is 0 Å². The van der Waals surface area contributed by atoms with Gasteiger partial charge >= 0.3 is 11.8 Å². The molecule has 1 aliphatic heterocycles. The first-order valence-electron chi connectivity index (χ1n) is 9.12. The number of carbonyl (C=O) groups excluding carboxylic acids is 2. The molecule has 2 amide bonds. The van der Waals surface area contributed by atoms with E-state index in [4.69, 9.17) is 11.6 Å². The number of amides is 2. The van der Waals surface area contributed by atoms with E-state index in [0.717, 1.165) is 30.5 Å². The standard InChI is InChI=1S/C21H24ClN3O2/c1-14-5-7-17(22)13-18(14)24-21(27)20(26)23-10-9-15-6-8-19-16(12-15)4-3-11-25(19)2/h5-8,12-13H,3-4,9-11H2,1-2H3,(H,23,26)(H,24,27). The first-order chi connectivity index (χ1) is 12.9. The minimum atomic E-state index is -0.688.